The molecule has 1 amide bonds. The number of hydrogen-bond donors (Lipinski definition) is 1. The lowest BCUT2D eigenvalue weighted by Crippen LogP contribution is -2.23. The van der Waals surface area contributed by atoms with Gasteiger partial charge in [0, 0.05) is 6.54 Å². The van der Waals surface area contributed by atoms with Crippen molar-refractivity contribution in [3.63, 3.8) is 0 Å². The van der Waals surface area contributed by atoms with Gasteiger partial charge in [0.15, 0.2) is 11.5 Å². The van der Waals surface area contributed by atoms with E-state index in [0.717, 1.165) is 0 Å². The minimum atomic E-state index is -2.98. The largest absolute Gasteiger partial charge is 0.493 e. The number of carbonyl (C=O) groups is 1. The molecule has 7 heteroatoms. The Balaban J connectivity index is 1.71. The molecule has 0 radical (unpaired) electrons. The predicted molar refractivity (Wildman–Crippen MR) is 104 cm³/mol. The summed E-state index contributed by atoms with van der Waals surface area (Å²) in [5.41, 5.74) is 0.935. The molecule has 0 fully saturated rings. The lowest BCUT2D eigenvalue weighted by molar-refractivity contribution is -0.0512. The third-order valence-corrected chi connectivity index (χ3v) is 4.00. The summed E-state index contributed by atoms with van der Waals surface area (Å²) in [4.78, 5) is 12.6. The molecule has 0 bridgehead atoms. The summed E-state index contributed by atoms with van der Waals surface area (Å²) in [7, 11) is 1.36. The highest BCUT2D eigenvalue weighted by Crippen LogP contribution is 2.30. The van der Waals surface area contributed by atoms with Crippen molar-refractivity contribution in [3.05, 3.63) is 83.9 Å². The van der Waals surface area contributed by atoms with Gasteiger partial charge in [0.25, 0.3) is 5.91 Å². The smallest absolute Gasteiger partial charge is 0.387 e. The highest BCUT2D eigenvalue weighted by Gasteiger charge is 2.14. The number of para-hydroxylation sites is 2. The van der Waals surface area contributed by atoms with Crippen molar-refractivity contribution >= 4 is 5.91 Å². The molecule has 3 rings (SSSR count). The van der Waals surface area contributed by atoms with Gasteiger partial charge >= 0.3 is 6.61 Å². The van der Waals surface area contributed by atoms with Crippen LogP contribution in [0.3, 0.4) is 0 Å². The van der Waals surface area contributed by atoms with Gasteiger partial charge in [0.1, 0.15) is 11.5 Å². The number of hydrogen-bond acceptors (Lipinski definition) is 4. The molecule has 5 nitrogen and oxygen atoms in total. The fourth-order valence-corrected chi connectivity index (χ4v) is 2.66. The third kappa shape index (κ3) is 5.44. The molecule has 0 spiro atoms. The number of nitrogens with one attached hydrogen (secondary N) is 1. The molecule has 0 heterocycles. The number of ether oxygens (including phenoxy) is 3. The predicted octanol–water partition coefficient (Wildman–Crippen LogP) is 5.02. The molecule has 0 atom stereocenters. The number of alkyl halides is 2. The van der Waals surface area contributed by atoms with Crippen LogP contribution in [-0.2, 0) is 6.54 Å². The van der Waals surface area contributed by atoms with Crippen molar-refractivity contribution in [3.8, 4) is 23.0 Å². The van der Waals surface area contributed by atoms with Crippen LogP contribution in [0.1, 0.15) is 15.9 Å². The molecule has 0 aromatic heterocycles. The minimum Gasteiger partial charge on any atom is -0.493 e. The van der Waals surface area contributed by atoms with Crippen LogP contribution >= 0.6 is 0 Å². The second-order valence-electron chi connectivity index (χ2n) is 5.96. The first kappa shape index (κ1) is 20.1. The highest BCUT2D eigenvalue weighted by atomic mass is 19.3. The van der Waals surface area contributed by atoms with E-state index in [0.29, 0.717) is 22.6 Å². The van der Waals surface area contributed by atoms with Crippen LogP contribution in [0.15, 0.2) is 72.8 Å². The molecule has 0 saturated heterocycles. The molecule has 0 saturated carbocycles. The normalized spacial score (nSPS) is 10.5. The molecule has 0 aliphatic carbocycles. The fourth-order valence-electron chi connectivity index (χ4n) is 2.66. The monoisotopic (exact) mass is 399 g/mol. The van der Waals surface area contributed by atoms with Gasteiger partial charge in [-0.2, -0.15) is 8.78 Å². The summed E-state index contributed by atoms with van der Waals surface area (Å²) in [6, 6.07) is 20.5. The maximum atomic E-state index is 12.6. The Bertz CT molecular complexity index is 964. The average Bonchev–Trinajstić information content (AvgIpc) is 2.73. The van der Waals surface area contributed by atoms with E-state index in [1.165, 1.54) is 19.2 Å². The van der Waals surface area contributed by atoms with Gasteiger partial charge in [0.2, 0.25) is 0 Å². The van der Waals surface area contributed by atoms with E-state index < -0.39 is 6.61 Å². The van der Waals surface area contributed by atoms with Crippen molar-refractivity contribution in [2.75, 3.05) is 7.11 Å². The van der Waals surface area contributed by atoms with Gasteiger partial charge in [-0.1, -0.05) is 36.4 Å². The van der Waals surface area contributed by atoms with E-state index in [1.54, 1.807) is 42.5 Å². The molecule has 3 aromatic carbocycles. The van der Waals surface area contributed by atoms with Gasteiger partial charge in [-0.15, -0.1) is 0 Å². The van der Waals surface area contributed by atoms with E-state index in [-0.39, 0.29) is 24.0 Å². The van der Waals surface area contributed by atoms with Crippen LogP contribution in [0.5, 0.6) is 23.0 Å². The van der Waals surface area contributed by atoms with Crippen LogP contribution in [0.25, 0.3) is 0 Å². The van der Waals surface area contributed by atoms with E-state index in [4.69, 9.17) is 9.47 Å². The quantitative estimate of drug-likeness (QED) is 0.578. The van der Waals surface area contributed by atoms with Crippen LogP contribution in [0.4, 0.5) is 8.78 Å². The Morgan fingerprint density at radius 3 is 2.38 bits per heavy atom. The number of rotatable bonds is 8. The molecule has 0 aliphatic heterocycles. The average molecular weight is 399 g/mol. The first-order valence-electron chi connectivity index (χ1n) is 8.78. The van der Waals surface area contributed by atoms with Crippen LogP contribution < -0.4 is 19.5 Å². The summed E-state index contributed by atoms with van der Waals surface area (Å²) in [6.07, 6.45) is 0. The Morgan fingerprint density at radius 1 is 0.931 bits per heavy atom. The van der Waals surface area contributed by atoms with Gasteiger partial charge in [-0.05, 0) is 42.0 Å². The Labute approximate surface area is 166 Å². The van der Waals surface area contributed by atoms with E-state index in [9.17, 15) is 13.6 Å². The second kappa shape index (κ2) is 9.54. The molecule has 29 heavy (non-hydrogen) atoms. The SMILES string of the molecule is COc1ccc(CNC(=O)c2ccccc2Oc2ccccc2)cc1OC(F)F. The van der Waals surface area contributed by atoms with Crippen molar-refractivity contribution in [2.24, 2.45) is 0 Å². The number of carbonyl (C=O) groups excluding carboxylic acids is 1. The number of benzene rings is 3. The standard InChI is InChI=1S/C22H19F2NO4/c1-27-19-12-11-15(13-20(19)29-22(23)24)14-25-21(26)17-9-5-6-10-18(17)28-16-7-3-2-4-8-16/h2-13,22H,14H2,1H3,(H,25,26). The molecule has 150 valence electrons. The van der Waals surface area contributed by atoms with Gasteiger partial charge in [-0.3, -0.25) is 4.79 Å². The maximum absolute atomic E-state index is 12.6. The van der Waals surface area contributed by atoms with Crippen molar-refractivity contribution in [1.29, 1.82) is 0 Å². The summed E-state index contributed by atoms with van der Waals surface area (Å²) in [6.45, 7) is -2.86. The minimum absolute atomic E-state index is 0.0953. The fraction of sp³-hybridized carbons (Fsp3) is 0.136. The van der Waals surface area contributed by atoms with E-state index >= 15 is 0 Å². The van der Waals surface area contributed by atoms with Crippen LogP contribution in [-0.4, -0.2) is 19.6 Å². The lowest BCUT2D eigenvalue weighted by Gasteiger charge is -2.13. The van der Waals surface area contributed by atoms with Crippen molar-refractivity contribution in [1.82, 2.24) is 5.32 Å². The lowest BCUT2D eigenvalue weighted by atomic mass is 10.1. The van der Waals surface area contributed by atoms with Crippen LogP contribution in [0, 0.1) is 0 Å². The maximum Gasteiger partial charge on any atom is 0.387 e. The Kier molecular flexibility index (Phi) is 6.63. The number of amides is 1. The van der Waals surface area contributed by atoms with Gasteiger partial charge in [-0.25, -0.2) is 0 Å². The number of methoxy groups -OCH3 is 1. The molecule has 3 aromatic rings. The Morgan fingerprint density at radius 2 is 1.66 bits per heavy atom. The zero-order valence-electron chi connectivity index (χ0n) is 15.6. The van der Waals surface area contributed by atoms with Crippen molar-refractivity contribution in [2.45, 2.75) is 13.2 Å². The topological polar surface area (TPSA) is 56.8 Å². The number of halogens is 2. The first-order chi connectivity index (χ1) is 14.1. The van der Waals surface area contributed by atoms with Gasteiger partial charge < -0.3 is 19.5 Å². The van der Waals surface area contributed by atoms with E-state index in [1.807, 2.05) is 18.2 Å². The zero-order chi connectivity index (χ0) is 20.6. The second-order valence-corrected chi connectivity index (χ2v) is 5.96. The van der Waals surface area contributed by atoms with Crippen molar-refractivity contribution < 1.29 is 27.8 Å². The van der Waals surface area contributed by atoms with Gasteiger partial charge in [0.05, 0.1) is 12.7 Å². The summed E-state index contributed by atoms with van der Waals surface area (Å²) in [5, 5.41) is 2.76. The summed E-state index contributed by atoms with van der Waals surface area (Å²) < 4.78 is 40.4. The Hall–Kier alpha value is -3.61. The molecule has 0 unspecified atom stereocenters. The summed E-state index contributed by atoms with van der Waals surface area (Å²) in [5.74, 6) is 0.747. The third-order valence-electron chi connectivity index (χ3n) is 4.00. The van der Waals surface area contributed by atoms with E-state index in [2.05, 4.69) is 10.1 Å². The zero-order valence-corrected chi connectivity index (χ0v) is 15.6. The molecular weight excluding hydrogens is 380 g/mol. The molecule has 1 N–H and O–H groups in total. The molecule has 0 aliphatic rings. The first-order valence-corrected chi connectivity index (χ1v) is 8.78. The molecular formula is C22H19F2NO4. The summed E-state index contributed by atoms with van der Waals surface area (Å²) >= 11 is 0. The highest BCUT2D eigenvalue weighted by molar-refractivity contribution is 5.97. The van der Waals surface area contributed by atoms with Crippen LogP contribution in [0.2, 0.25) is 0 Å².